The van der Waals surface area contributed by atoms with E-state index in [0.29, 0.717) is 29.8 Å². The first-order valence-corrected chi connectivity index (χ1v) is 5.54. The first kappa shape index (κ1) is 12.7. The second kappa shape index (κ2) is 5.26. The van der Waals surface area contributed by atoms with Crippen molar-refractivity contribution in [3.8, 4) is 11.3 Å². The first-order chi connectivity index (χ1) is 9.15. The summed E-state index contributed by atoms with van der Waals surface area (Å²) in [7, 11) is 0. The Kier molecular flexibility index (Phi) is 3.51. The van der Waals surface area contributed by atoms with Crippen molar-refractivity contribution in [3.05, 3.63) is 58.8 Å². The molecule has 0 atom stereocenters. The van der Waals surface area contributed by atoms with Crippen molar-refractivity contribution in [3.63, 3.8) is 0 Å². The summed E-state index contributed by atoms with van der Waals surface area (Å²) in [4.78, 5) is 21.2. The van der Waals surface area contributed by atoms with Gasteiger partial charge in [0.1, 0.15) is 5.69 Å². The highest BCUT2D eigenvalue weighted by Gasteiger charge is 2.11. The quantitative estimate of drug-likeness (QED) is 0.357. The third kappa shape index (κ3) is 2.57. The van der Waals surface area contributed by atoms with Crippen LogP contribution in [0.3, 0.4) is 0 Å². The van der Waals surface area contributed by atoms with Gasteiger partial charge in [-0.25, -0.2) is 0 Å². The SMILES string of the molecule is C=CCn1nc(-c2cccc([N+](=O)[O-])c2)cc1C=O. The molecule has 0 aliphatic carbocycles. The molecule has 2 aromatic rings. The Balaban J connectivity index is 2.46. The van der Waals surface area contributed by atoms with E-state index in [9.17, 15) is 14.9 Å². The number of non-ortho nitro benzene ring substituents is 1. The lowest BCUT2D eigenvalue weighted by atomic mass is 10.1. The van der Waals surface area contributed by atoms with E-state index in [2.05, 4.69) is 11.7 Å². The van der Waals surface area contributed by atoms with Gasteiger partial charge in [0.2, 0.25) is 0 Å². The van der Waals surface area contributed by atoms with Gasteiger partial charge in [0, 0.05) is 17.7 Å². The summed E-state index contributed by atoms with van der Waals surface area (Å²) in [5.74, 6) is 0. The second-order valence-electron chi connectivity index (χ2n) is 3.85. The van der Waals surface area contributed by atoms with Gasteiger partial charge in [-0.15, -0.1) is 6.58 Å². The standard InChI is InChI=1S/C13H11N3O3/c1-2-6-15-12(9-17)8-13(14-15)10-4-3-5-11(7-10)16(18)19/h2-5,7-9H,1,6H2. The smallest absolute Gasteiger partial charge is 0.270 e. The number of nitrogens with zero attached hydrogens (tertiary/aromatic N) is 3. The number of nitro benzene ring substituents is 1. The monoisotopic (exact) mass is 257 g/mol. The summed E-state index contributed by atoms with van der Waals surface area (Å²) in [6.07, 6.45) is 2.31. The molecule has 0 amide bonds. The highest BCUT2D eigenvalue weighted by atomic mass is 16.6. The predicted molar refractivity (Wildman–Crippen MR) is 69.9 cm³/mol. The van der Waals surface area contributed by atoms with Crippen molar-refractivity contribution in [2.45, 2.75) is 6.54 Å². The zero-order valence-corrected chi connectivity index (χ0v) is 10.0. The summed E-state index contributed by atoms with van der Waals surface area (Å²) in [5.41, 5.74) is 1.51. The summed E-state index contributed by atoms with van der Waals surface area (Å²) in [6.45, 7) is 3.99. The molecule has 0 radical (unpaired) electrons. The van der Waals surface area contributed by atoms with E-state index < -0.39 is 4.92 Å². The number of hydrogen-bond acceptors (Lipinski definition) is 4. The van der Waals surface area contributed by atoms with Crippen LogP contribution in [0.1, 0.15) is 10.5 Å². The van der Waals surface area contributed by atoms with Crippen LogP contribution in [0, 0.1) is 10.1 Å². The normalized spacial score (nSPS) is 10.1. The van der Waals surface area contributed by atoms with Crippen molar-refractivity contribution in [2.24, 2.45) is 0 Å². The third-order valence-electron chi connectivity index (χ3n) is 2.59. The van der Waals surface area contributed by atoms with Crippen LogP contribution < -0.4 is 0 Å². The Morgan fingerprint density at radius 1 is 1.42 bits per heavy atom. The lowest BCUT2D eigenvalue weighted by Crippen LogP contribution is -2.01. The first-order valence-electron chi connectivity index (χ1n) is 5.54. The molecule has 0 bridgehead atoms. The van der Waals surface area contributed by atoms with Crippen LogP contribution >= 0.6 is 0 Å². The zero-order valence-electron chi connectivity index (χ0n) is 10.0. The maximum absolute atomic E-state index is 10.9. The van der Waals surface area contributed by atoms with Gasteiger partial charge in [-0.2, -0.15) is 5.10 Å². The van der Waals surface area contributed by atoms with Gasteiger partial charge in [-0.3, -0.25) is 19.6 Å². The third-order valence-corrected chi connectivity index (χ3v) is 2.59. The number of allylic oxidation sites excluding steroid dienone is 1. The van der Waals surface area contributed by atoms with Gasteiger partial charge in [0.25, 0.3) is 5.69 Å². The van der Waals surface area contributed by atoms with Crippen molar-refractivity contribution in [1.29, 1.82) is 0 Å². The number of aldehydes is 1. The van der Waals surface area contributed by atoms with Gasteiger partial charge in [-0.1, -0.05) is 18.2 Å². The molecule has 0 fully saturated rings. The highest BCUT2D eigenvalue weighted by Crippen LogP contribution is 2.23. The summed E-state index contributed by atoms with van der Waals surface area (Å²) < 4.78 is 1.49. The summed E-state index contributed by atoms with van der Waals surface area (Å²) in [5, 5.41) is 15.0. The molecule has 0 N–H and O–H groups in total. The van der Waals surface area contributed by atoms with E-state index in [4.69, 9.17) is 0 Å². The fourth-order valence-corrected chi connectivity index (χ4v) is 1.71. The van der Waals surface area contributed by atoms with Gasteiger partial charge in [0.15, 0.2) is 6.29 Å². The lowest BCUT2D eigenvalue weighted by molar-refractivity contribution is -0.384. The minimum absolute atomic E-state index is 0.0107. The van der Waals surface area contributed by atoms with Crippen molar-refractivity contribution >= 4 is 12.0 Å². The van der Waals surface area contributed by atoms with Crippen LogP contribution in [0.2, 0.25) is 0 Å². The number of aromatic nitrogens is 2. The molecule has 2 rings (SSSR count). The number of hydrogen-bond donors (Lipinski definition) is 0. The molecule has 0 unspecified atom stereocenters. The molecule has 0 saturated carbocycles. The molecule has 1 aromatic heterocycles. The molecule has 6 nitrogen and oxygen atoms in total. The largest absolute Gasteiger partial charge is 0.296 e. The van der Waals surface area contributed by atoms with Crippen LogP contribution in [0.25, 0.3) is 11.3 Å². The molecule has 19 heavy (non-hydrogen) atoms. The maximum Gasteiger partial charge on any atom is 0.270 e. The van der Waals surface area contributed by atoms with Crippen molar-refractivity contribution in [2.75, 3.05) is 0 Å². The Hall–Kier alpha value is -2.76. The van der Waals surface area contributed by atoms with Gasteiger partial charge < -0.3 is 0 Å². The van der Waals surface area contributed by atoms with Gasteiger partial charge >= 0.3 is 0 Å². The molecule has 0 spiro atoms. The Morgan fingerprint density at radius 2 is 2.21 bits per heavy atom. The van der Waals surface area contributed by atoms with E-state index in [-0.39, 0.29) is 5.69 Å². The number of nitro groups is 1. The molecule has 0 aliphatic heterocycles. The van der Waals surface area contributed by atoms with Crippen molar-refractivity contribution < 1.29 is 9.72 Å². The Bertz CT molecular complexity index is 646. The lowest BCUT2D eigenvalue weighted by Gasteiger charge is -1.98. The van der Waals surface area contributed by atoms with Gasteiger partial charge in [-0.05, 0) is 6.07 Å². The molecule has 1 heterocycles. The van der Waals surface area contributed by atoms with Crippen molar-refractivity contribution in [1.82, 2.24) is 9.78 Å². The maximum atomic E-state index is 10.9. The molecule has 96 valence electrons. The number of carbonyl (C=O) groups is 1. The molecular weight excluding hydrogens is 246 g/mol. The number of benzene rings is 1. The van der Waals surface area contributed by atoms with Crippen LogP contribution in [-0.2, 0) is 6.54 Å². The summed E-state index contributed by atoms with van der Waals surface area (Å²) >= 11 is 0. The van der Waals surface area contributed by atoms with Crippen LogP contribution in [0.4, 0.5) is 5.69 Å². The van der Waals surface area contributed by atoms with E-state index in [1.165, 1.54) is 16.8 Å². The zero-order chi connectivity index (χ0) is 13.8. The Morgan fingerprint density at radius 3 is 2.84 bits per heavy atom. The average Bonchev–Trinajstić information content (AvgIpc) is 2.82. The minimum Gasteiger partial charge on any atom is -0.296 e. The molecular formula is C13H11N3O3. The average molecular weight is 257 g/mol. The van der Waals surface area contributed by atoms with E-state index in [1.54, 1.807) is 24.3 Å². The molecule has 0 saturated heterocycles. The molecule has 0 aliphatic rings. The number of rotatable bonds is 5. The predicted octanol–water partition coefficient (Wildman–Crippen LogP) is 2.46. The molecule has 1 aromatic carbocycles. The molecule has 6 heteroatoms. The van der Waals surface area contributed by atoms with E-state index in [1.807, 2.05) is 0 Å². The van der Waals surface area contributed by atoms with Crippen LogP contribution in [-0.4, -0.2) is 21.0 Å². The topological polar surface area (TPSA) is 78.0 Å². The number of carbonyl (C=O) groups excluding carboxylic acids is 1. The fourth-order valence-electron chi connectivity index (χ4n) is 1.71. The van der Waals surface area contributed by atoms with Crippen LogP contribution in [0.5, 0.6) is 0 Å². The van der Waals surface area contributed by atoms with E-state index >= 15 is 0 Å². The Labute approximate surface area is 109 Å². The highest BCUT2D eigenvalue weighted by molar-refractivity contribution is 5.76. The summed E-state index contributed by atoms with van der Waals surface area (Å²) in [6, 6.07) is 7.72. The minimum atomic E-state index is -0.467. The van der Waals surface area contributed by atoms with Crippen LogP contribution in [0.15, 0.2) is 43.0 Å². The second-order valence-corrected chi connectivity index (χ2v) is 3.85. The van der Waals surface area contributed by atoms with E-state index in [0.717, 1.165) is 0 Å². The fraction of sp³-hybridized carbons (Fsp3) is 0.0769. The van der Waals surface area contributed by atoms with Gasteiger partial charge in [0.05, 0.1) is 17.2 Å².